The summed E-state index contributed by atoms with van der Waals surface area (Å²) in [5.74, 6) is 2.23. The predicted molar refractivity (Wildman–Crippen MR) is 93.4 cm³/mol. The lowest BCUT2D eigenvalue weighted by atomic mass is 9.73. The van der Waals surface area contributed by atoms with Gasteiger partial charge in [-0.2, -0.15) is 0 Å². The minimum absolute atomic E-state index is 0.147. The van der Waals surface area contributed by atoms with E-state index < -0.39 is 5.41 Å². The van der Waals surface area contributed by atoms with Crippen molar-refractivity contribution >= 4 is 0 Å². The highest BCUT2D eigenvalue weighted by atomic mass is 19.1. The monoisotopic (exact) mass is 343 g/mol. The van der Waals surface area contributed by atoms with Gasteiger partial charge in [0, 0.05) is 36.0 Å². The first-order chi connectivity index (χ1) is 11.9. The molecule has 0 N–H and O–H groups in total. The number of ether oxygens (including phenoxy) is 2. The lowest BCUT2D eigenvalue weighted by Gasteiger charge is -2.33. The van der Waals surface area contributed by atoms with Crippen LogP contribution in [0.25, 0.3) is 5.82 Å². The molecule has 0 saturated heterocycles. The van der Waals surface area contributed by atoms with Crippen LogP contribution in [-0.4, -0.2) is 21.9 Å². The number of rotatable bonds is 5. The minimum atomic E-state index is -0.470. The Morgan fingerprint density at radius 3 is 2.76 bits per heavy atom. The average Bonchev–Trinajstić information content (AvgIpc) is 3.07. The normalized spacial score (nSPS) is 20.2. The van der Waals surface area contributed by atoms with Crippen molar-refractivity contribution < 1.29 is 13.9 Å². The van der Waals surface area contributed by atoms with E-state index in [1.54, 1.807) is 42.4 Å². The molecule has 0 aliphatic heterocycles. The van der Waals surface area contributed by atoms with Crippen molar-refractivity contribution in [3.8, 4) is 17.4 Å². The average molecular weight is 343 g/mol. The molecule has 1 aliphatic rings. The quantitative estimate of drug-likeness (QED) is 0.804. The van der Waals surface area contributed by atoms with Crippen LogP contribution in [0.5, 0.6) is 11.6 Å². The van der Waals surface area contributed by atoms with Crippen molar-refractivity contribution in [1.82, 2.24) is 14.8 Å². The van der Waals surface area contributed by atoms with Gasteiger partial charge >= 0.3 is 0 Å². The van der Waals surface area contributed by atoms with Crippen molar-refractivity contribution in [3.63, 3.8) is 0 Å². The van der Waals surface area contributed by atoms with Crippen molar-refractivity contribution in [2.45, 2.75) is 27.2 Å². The van der Waals surface area contributed by atoms with Gasteiger partial charge in [0.25, 0.3) is 0 Å². The summed E-state index contributed by atoms with van der Waals surface area (Å²) < 4.78 is 27.0. The van der Waals surface area contributed by atoms with Gasteiger partial charge in [0.1, 0.15) is 17.3 Å². The molecular formula is C19H22FN3O2. The van der Waals surface area contributed by atoms with E-state index in [0.29, 0.717) is 29.6 Å². The van der Waals surface area contributed by atoms with Gasteiger partial charge in [0.2, 0.25) is 5.88 Å². The maximum atomic E-state index is 14.5. The second kappa shape index (κ2) is 6.70. The standard InChI is InChI=1S/C19H22FN3O2/c1-13(2)19(3)8-5-14(11-16(19)20)25-15-6-9-21-17(12-15)23-10-7-18(22-23)24-4/h5-7,9-13H,8H2,1-4H3. The van der Waals surface area contributed by atoms with E-state index in [9.17, 15) is 4.39 Å². The van der Waals surface area contributed by atoms with Crippen LogP contribution < -0.4 is 9.47 Å². The Morgan fingerprint density at radius 2 is 2.12 bits per heavy atom. The molecule has 2 aromatic heterocycles. The van der Waals surface area contributed by atoms with Crippen LogP contribution in [0.1, 0.15) is 27.2 Å². The number of hydrogen-bond acceptors (Lipinski definition) is 4. The molecule has 0 spiro atoms. The number of methoxy groups -OCH3 is 1. The van der Waals surface area contributed by atoms with Gasteiger partial charge < -0.3 is 9.47 Å². The molecule has 6 heteroatoms. The molecule has 0 bridgehead atoms. The van der Waals surface area contributed by atoms with Crippen molar-refractivity contribution in [2.75, 3.05) is 7.11 Å². The van der Waals surface area contributed by atoms with Gasteiger partial charge in [0.15, 0.2) is 5.82 Å². The fourth-order valence-corrected chi connectivity index (χ4v) is 2.61. The van der Waals surface area contributed by atoms with Gasteiger partial charge in [-0.3, -0.25) is 0 Å². The summed E-state index contributed by atoms with van der Waals surface area (Å²) in [6.45, 7) is 5.99. The van der Waals surface area contributed by atoms with Crippen LogP contribution in [0.2, 0.25) is 0 Å². The van der Waals surface area contributed by atoms with Gasteiger partial charge in [-0.05, 0) is 24.5 Å². The Hall–Kier alpha value is -2.63. The molecule has 5 nitrogen and oxygen atoms in total. The molecule has 0 fully saturated rings. The lowest BCUT2D eigenvalue weighted by Crippen LogP contribution is -2.26. The number of nitrogens with zero attached hydrogens (tertiary/aromatic N) is 3. The first-order valence-electron chi connectivity index (χ1n) is 8.24. The summed E-state index contributed by atoms with van der Waals surface area (Å²) in [7, 11) is 1.56. The fraction of sp³-hybridized carbons (Fsp3) is 0.368. The van der Waals surface area contributed by atoms with Crippen molar-refractivity contribution in [3.05, 3.63) is 54.3 Å². The molecule has 0 saturated carbocycles. The Labute approximate surface area is 146 Å². The van der Waals surface area contributed by atoms with E-state index in [4.69, 9.17) is 9.47 Å². The zero-order valence-electron chi connectivity index (χ0n) is 14.9. The summed E-state index contributed by atoms with van der Waals surface area (Å²) in [5.41, 5.74) is -0.470. The lowest BCUT2D eigenvalue weighted by molar-refractivity contribution is 0.217. The van der Waals surface area contributed by atoms with Gasteiger partial charge in [-0.1, -0.05) is 20.8 Å². The molecule has 1 unspecified atom stereocenters. The van der Waals surface area contributed by atoms with Crippen LogP contribution in [0.4, 0.5) is 4.39 Å². The predicted octanol–water partition coefficient (Wildman–Crippen LogP) is 4.46. The first kappa shape index (κ1) is 17.2. The van der Waals surface area contributed by atoms with Crippen LogP contribution in [0, 0.1) is 11.3 Å². The van der Waals surface area contributed by atoms with E-state index >= 15 is 0 Å². The minimum Gasteiger partial charge on any atom is -0.480 e. The van der Waals surface area contributed by atoms with Crippen LogP contribution in [0.15, 0.2) is 54.3 Å². The molecule has 1 aliphatic carbocycles. The number of pyridine rings is 1. The fourth-order valence-electron chi connectivity index (χ4n) is 2.61. The Balaban J connectivity index is 1.78. The molecule has 132 valence electrons. The Kier molecular flexibility index (Phi) is 4.61. The summed E-state index contributed by atoms with van der Waals surface area (Å²) >= 11 is 0. The van der Waals surface area contributed by atoms with E-state index in [2.05, 4.69) is 10.1 Å². The third-order valence-electron chi connectivity index (χ3n) is 4.78. The largest absolute Gasteiger partial charge is 0.480 e. The molecule has 3 rings (SSSR count). The van der Waals surface area contributed by atoms with E-state index in [1.165, 1.54) is 6.08 Å². The van der Waals surface area contributed by atoms with E-state index in [-0.39, 0.29) is 11.7 Å². The topological polar surface area (TPSA) is 49.2 Å². The highest BCUT2D eigenvalue weighted by Crippen LogP contribution is 2.43. The summed E-state index contributed by atoms with van der Waals surface area (Å²) in [6, 6.07) is 5.21. The van der Waals surface area contributed by atoms with E-state index in [1.807, 2.05) is 26.8 Å². The highest BCUT2D eigenvalue weighted by Gasteiger charge is 2.35. The second-order valence-corrected chi connectivity index (χ2v) is 6.63. The van der Waals surface area contributed by atoms with Gasteiger partial charge in [-0.25, -0.2) is 14.1 Å². The van der Waals surface area contributed by atoms with Crippen LogP contribution in [0.3, 0.4) is 0 Å². The third kappa shape index (κ3) is 3.43. The summed E-state index contributed by atoms with van der Waals surface area (Å²) in [6.07, 6.45) is 7.39. The van der Waals surface area contributed by atoms with Crippen molar-refractivity contribution in [2.24, 2.45) is 11.3 Å². The van der Waals surface area contributed by atoms with Gasteiger partial charge in [0.05, 0.1) is 7.11 Å². The maximum Gasteiger partial charge on any atom is 0.232 e. The maximum absolute atomic E-state index is 14.5. The third-order valence-corrected chi connectivity index (χ3v) is 4.78. The molecule has 0 radical (unpaired) electrons. The second-order valence-electron chi connectivity index (χ2n) is 6.63. The number of hydrogen-bond donors (Lipinski definition) is 0. The first-order valence-corrected chi connectivity index (χ1v) is 8.24. The molecule has 1 atom stereocenters. The van der Waals surface area contributed by atoms with Crippen LogP contribution >= 0.6 is 0 Å². The van der Waals surface area contributed by atoms with Gasteiger partial charge in [-0.15, -0.1) is 5.10 Å². The van der Waals surface area contributed by atoms with E-state index in [0.717, 1.165) is 0 Å². The molecule has 0 amide bonds. The summed E-state index contributed by atoms with van der Waals surface area (Å²) in [4.78, 5) is 4.27. The zero-order valence-corrected chi connectivity index (χ0v) is 14.9. The highest BCUT2D eigenvalue weighted by molar-refractivity contribution is 5.36. The number of allylic oxidation sites excluding steroid dienone is 3. The smallest absolute Gasteiger partial charge is 0.232 e. The number of halogens is 1. The van der Waals surface area contributed by atoms with Crippen LogP contribution in [-0.2, 0) is 0 Å². The summed E-state index contributed by atoms with van der Waals surface area (Å²) in [5, 5.41) is 4.23. The molecule has 2 aromatic rings. The Bertz CT molecular complexity index is 826. The number of aromatic nitrogens is 3. The molecule has 0 aromatic carbocycles. The zero-order chi connectivity index (χ0) is 18.0. The molecule has 25 heavy (non-hydrogen) atoms. The molecular weight excluding hydrogens is 321 g/mol. The molecule has 2 heterocycles. The Morgan fingerprint density at radius 1 is 1.32 bits per heavy atom. The SMILES string of the molecule is COc1ccn(-c2cc(OC3=CCC(C)(C(C)C)C(F)=C3)ccn2)n1. The van der Waals surface area contributed by atoms with Crippen molar-refractivity contribution in [1.29, 1.82) is 0 Å².